The number of allylic oxidation sites excluding steroid dienone is 1. The third-order valence-electron chi connectivity index (χ3n) is 5.98. The second-order valence-electron chi connectivity index (χ2n) is 9.42. The second-order valence-corrected chi connectivity index (χ2v) is 9.42. The number of benzene rings is 1. The average molecular weight is 490 g/mol. The number of ketones is 1. The molecule has 35 heavy (non-hydrogen) atoms. The summed E-state index contributed by atoms with van der Waals surface area (Å²) in [5, 5.41) is 3.22. The lowest BCUT2D eigenvalue weighted by Crippen LogP contribution is -2.47. The van der Waals surface area contributed by atoms with Gasteiger partial charge >= 0.3 is 0 Å². The molecule has 1 amide bonds. The van der Waals surface area contributed by atoms with Crippen LogP contribution in [0.5, 0.6) is 11.5 Å². The largest absolute Gasteiger partial charge is 0.493 e. The Bertz CT molecular complexity index is 751. The molecule has 1 N–H and O–H groups in total. The van der Waals surface area contributed by atoms with E-state index in [4.69, 9.17) is 14.2 Å². The Morgan fingerprint density at radius 2 is 1.80 bits per heavy atom. The van der Waals surface area contributed by atoms with Gasteiger partial charge in [0.05, 0.1) is 7.11 Å². The van der Waals surface area contributed by atoms with E-state index in [-0.39, 0.29) is 30.3 Å². The first-order valence-electron chi connectivity index (χ1n) is 13.1. The smallest absolute Gasteiger partial charge is 0.223 e. The minimum atomic E-state index is 0.103. The number of unbranched alkanes of at least 4 members (excludes halogenated alkanes) is 1. The maximum Gasteiger partial charge on any atom is 0.223 e. The van der Waals surface area contributed by atoms with Crippen molar-refractivity contribution < 1.29 is 23.8 Å². The van der Waals surface area contributed by atoms with Crippen LogP contribution in [0, 0.1) is 12.8 Å². The van der Waals surface area contributed by atoms with Gasteiger partial charge in [0.1, 0.15) is 12.7 Å². The lowest BCUT2D eigenvalue weighted by Gasteiger charge is -2.36. The van der Waals surface area contributed by atoms with Gasteiger partial charge in [0, 0.05) is 18.6 Å². The molecule has 0 atom stereocenters. The predicted octanol–water partition coefficient (Wildman–Crippen LogP) is 6.19. The first-order chi connectivity index (χ1) is 16.8. The SMILES string of the molecule is C=CC.CCCCOCC(C)=O.COc1ccc(C)cc1OC1CC(C(=O)NC2CCCCC2)C1. The van der Waals surface area contributed by atoms with E-state index < -0.39 is 0 Å². The molecule has 2 fully saturated rings. The fraction of sp³-hybridized carbons (Fsp3) is 0.655. The third-order valence-corrected chi connectivity index (χ3v) is 5.98. The van der Waals surface area contributed by atoms with Gasteiger partial charge in [-0.1, -0.05) is 44.7 Å². The van der Waals surface area contributed by atoms with Crippen LogP contribution in [-0.2, 0) is 14.3 Å². The summed E-state index contributed by atoms with van der Waals surface area (Å²) in [5.41, 5.74) is 1.15. The molecular formula is C29H47NO5. The summed E-state index contributed by atoms with van der Waals surface area (Å²) in [7, 11) is 1.65. The topological polar surface area (TPSA) is 73.9 Å². The molecule has 0 spiro atoms. The van der Waals surface area contributed by atoms with Gasteiger partial charge < -0.3 is 19.5 Å². The van der Waals surface area contributed by atoms with E-state index in [1.54, 1.807) is 13.2 Å². The van der Waals surface area contributed by atoms with Gasteiger partial charge in [0.15, 0.2) is 17.3 Å². The molecular weight excluding hydrogens is 442 g/mol. The predicted molar refractivity (Wildman–Crippen MR) is 142 cm³/mol. The van der Waals surface area contributed by atoms with Gasteiger partial charge in [0.2, 0.25) is 5.91 Å². The van der Waals surface area contributed by atoms with Crippen LogP contribution in [-0.4, -0.2) is 44.2 Å². The zero-order chi connectivity index (χ0) is 26.1. The van der Waals surface area contributed by atoms with Gasteiger partial charge in [0.25, 0.3) is 0 Å². The van der Waals surface area contributed by atoms with Crippen molar-refractivity contribution in [3.63, 3.8) is 0 Å². The molecule has 0 aliphatic heterocycles. The van der Waals surface area contributed by atoms with Crippen molar-refractivity contribution in [2.75, 3.05) is 20.3 Å². The Labute approximate surface area is 212 Å². The number of Topliss-reactive ketones (excluding diaryl/α,β-unsaturated/α-hetero) is 1. The van der Waals surface area contributed by atoms with Crippen molar-refractivity contribution in [1.82, 2.24) is 5.32 Å². The quantitative estimate of drug-likeness (QED) is 0.313. The normalized spacial score (nSPS) is 19.0. The van der Waals surface area contributed by atoms with E-state index in [1.165, 1.54) is 26.2 Å². The second kappa shape index (κ2) is 18.0. The average Bonchev–Trinajstić information content (AvgIpc) is 2.80. The van der Waals surface area contributed by atoms with Gasteiger partial charge in [-0.2, -0.15) is 0 Å². The third kappa shape index (κ3) is 12.8. The number of rotatable bonds is 10. The molecule has 0 aromatic heterocycles. The molecule has 0 unspecified atom stereocenters. The fourth-order valence-electron chi connectivity index (χ4n) is 3.96. The summed E-state index contributed by atoms with van der Waals surface area (Å²) in [4.78, 5) is 22.6. The zero-order valence-corrected chi connectivity index (χ0v) is 22.6. The molecule has 6 nitrogen and oxygen atoms in total. The van der Waals surface area contributed by atoms with E-state index in [0.717, 1.165) is 62.2 Å². The van der Waals surface area contributed by atoms with Crippen molar-refractivity contribution in [2.24, 2.45) is 5.92 Å². The monoisotopic (exact) mass is 489 g/mol. The molecule has 2 saturated carbocycles. The molecule has 1 aromatic rings. The number of carbonyl (C=O) groups excluding carboxylic acids is 2. The molecule has 0 heterocycles. The summed E-state index contributed by atoms with van der Waals surface area (Å²) >= 11 is 0. The summed E-state index contributed by atoms with van der Waals surface area (Å²) < 4.78 is 16.3. The summed E-state index contributed by atoms with van der Waals surface area (Å²) in [5.74, 6) is 1.96. The summed E-state index contributed by atoms with van der Waals surface area (Å²) in [6.45, 7) is 11.9. The van der Waals surface area contributed by atoms with E-state index in [1.807, 2.05) is 32.0 Å². The minimum absolute atomic E-state index is 0.103. The first kappa shape index (κ1) is 30.7. The molecule has 0 bridgehead atoms. The van der Waals surface area contributed by atoms with Crippen LogP contribution in [0.3, 0.4) is 0 Å². The first-order valence-corrected chi connectivity index (χ1v) is 13.1. The molecule has 1 aromatic carbocycles. The Morgan fingerprint density at radius 3 is 2.37 bits per heavy atom. The zero-order valence-electron chi connectivity index (χ0n) is 22.6. The highest BCUT2D eigenvalue weighted by atomic mass is 16.5. The van der Waals surface area contributed by atoms with Crippen LogP contribution < -0.4 is 14.8 Å². The van der Waals surface area contributed by atoms with Gasteiger partial charge in [-0.05, 0) is 70.6 Å². The molecule has 6 heteroatoms. The highest BCUT2D eigenvalue weighted by Crippen LogP contribution is 2.36. The van der Waals surface area contributed by atoms with E-state index in [9.17, 15) is 9.59 Å². The Morgan fingerprint density at radius 1 is 1.14 bits per heavy atom. The van der Waals surface area contributed by atoms with Crippen LogP contribution in [0.4, 0.5) is 0 Å². The van der Waals surface area contributed by atoms with E-state index in [0.29, 0.717) is 6.04 Å². The number of nitrogens with one attached hydrogen (secondary N) is 1. The van der Waals surface area contributed by atoms with Crippen LogP contribution in [0.2, 0.25) is 0 Å². The Balaban J connectivity index is 0.000000429. The molecule has 3 rings (SSSR count). The highest BCUT2D eigenvalue weighted by Gasteiger charge is 2.37. The standard InChI is InChI=1S/C19H27NO3.C7H14O2.C3H6/c1-13-8-9-17(22-2)18(10-13)23-16-11-14(12-16)19(21)20-15-6-4-3-5-7-15;1-3-4-5-9-6-7(2)8;1-3-2/h8-10,14-16H,3-7,11-12H2,1-2H3,(H,20,21);3-6H2,1-2H3;3H,1H2,2H3. The Kier molecular flexibility index (Phi) is 15.8. The number of aryl methyl sites for hydroxylation is 1. The molecule has 0 radical (unpaired) electrons. The molecule has 0 saturated heterocycles. The molecule has 2 aliphatic rings. The van der Waals surface area contributed by atoms with Crippen LogP contribution in [0.25, 0.3) is 0 Å². The fourth-order valence-corrected chi connectivity index (χ4v) is 3.96. The molecule has 198 valence electrons. The van der Waals surface area contributed by atoms with E-state index >= 15 is 0 Å². The lowest BCUT2D eigenvalue weighted by atomic mass is 9.81. The van der Waals surface area contributed by atoms with Gasteiger partial charge in [-0.3, -0.25) is 9.59 Å². The highest BCUT2D eigenvalue weighted by molar-refractivity contribution is 5.80. The number of hydrogen-bond acceptors (Lipinski definition) is 5. The van der Waals surface area contributed by atoms with Gasteiger partial charge in [-0.15, -0.1) is 6.58 Å². The van der Waals surface area contributed by atoms with Crippen molar-refractivity contribution in [3.8, 4) is 11.5 Å². The number of ether oxygens (including phenoxy) is 3. The maximum atomic E-state index is 12.3. The maximum absolute atomic E-state index is 12.3. The van der Waals surface area contributed by atoms with Crippen molar-refractivity contribution in [2.45, 2.75) is 97.6 Å². The number of methoxy groups -OCH3 is 1. The van der Waals surface area contributed by atoms with Crippen molar-refractivity contribution in [3.05, 3.63) is 36.4 Å². The molecule has 2 aliphatic carbocycles. The summed E-state index contributed by atoms with van der Waals surface area (Å²) in [6.07, 6.45) is 11.7. The Hall–Kier alpha value is -2.34. The van der Waals surface area contributed by atoms with Crippen LogP contribution in [0.1, 0.15) is 84.1 Å². The number of hydrogen-bond donors (Lipinski definition) is 1. The van der Waals surface area contributed by atoms with Crippen molar-refractivity contribution in [1.29, 1.82) is 0 Å². The summed E-state index contributed by atoms with van der Waals surface area (Å²) in [6, 6.07) is 6.32. The van der Waals surface area contributed by atoms with E-state index in [2.05, 4.69) is 18.8 Å². The van der Waals surface area contributed by atoms with Gasteiger partial charge in [-0.25, -0.2) is 0 Å². The van der Waals surface area contributed by atoms with Crippen LogP contribution >= 0.6 is 0 Å². The van der Waals surface area contributed by atoms with Crippen LogP contribution in [0.15, 0.2) is 30.9 Å². The lowest BCUT2D eigenvalue weighted by molar-refractivity contribution is -0.131. The number of carbonyl (C=O) groups is 2. The number of amides is 1. The minimum Gasteiger partial charge on any atom is -0.493 e. The van der Waals surface area contributed by atoms with Crippen molar-refractivity contribution >= 4 is 11.7 Å².